The van der Waals surface area contributed by atoms with Gasteiger partial charge in [-0.2, -0.15) is 0 Å². The highest BCUT2D eigenvalue weighted by molar-refractivity contribution is 9.11. The number of aliphatic hydroxyl groups is 1. The quantitative estimate of drug-likeness (QED) is 0.663. The molecule has 0 aliphatic rings. The summed E-state index contributed by atoms with van der Waals surface area (Å²) in [5.41, 5.74) is 0. The van der Waals surface area contributed by atoms with Crippen LogP contribution in [0.1, 0.15) is 9.67 Å². The van der Waals surface area contributed by atoms with E-state index in [0.29, 0.717) is 0 Å². The largest absolute Gasteiger partial charge is 0.465 e. The molecule has 1 aromatic rings. The molecule has 20 heavy (non-hydrogen) atoms. The summed E-state index contributed by atoms with van der Waals surface area (Å²) < 4.78 is 35.8. The minimum absolute atomic E-state index is 0.0146. The van der Waals surface area contributed by atoms with Crippen molar-refractivity contribution in [1.82, 2.24) is 4.72 Å². The molecular weight excluding hydrogens is 374 g/mol. The standard InChI is InChI=1S/C10H14BrNO6S2/c1-17-5-6(13)4-12-20(15,16)8-3-7(10(14)18-2)19-9(8)11/h3,6,12-13H,4-5H2,1-2H3. The molecule has 0 saturated heterocycles. The number of methoxy groups -OCH3 is 2. The fourth-order valence-electron chi connectivity index (χ4n) is 1.27. The Bertz CT molecular complexity index is 570. The van der Waals surface area contributed by atoms with Gasteiger partial charge in [-0.1, -0.05) is 0 Å². The van der Waals surface area contributed by atoms with Crippen LogP contribution in [0.4, 0.5) is 0 Å². The highest BCUT2D eigenvalue weighted by Crippen LogP contribution is 2.31. The molecule has 0 aliphatic carbocycles. The zero-order valence-electron chi connectivity index (χ0n) is 10.8. The summed E-state index contributed by atoms with van der Waals surface area (Å²) in [5, 5.41) is 9.43. The Balaban J connectivity index is 2.87. The first-order valence-electron chi connectivity index (χ1n) is 5.36. The van der Waals surface area contributed by atoms with Gasteiger partial charge in [0.05, 0.1) is 23.6 Å². The van der Waals surface area contributed by atoms with Crippen LogP contribution in [0.3, 0.4) is 0 Å². The molecule has 0 spiro atoms. The van der Waals surface area contributed by atoms with E-state index in [9.17, 15) is 18.3 Å². The monoisotopic (exact) mass is 387 g/mol. The van der Waals surface area contributed by atoms with Crippen molar-refractivity contribution in [2.45, 2.75) is 11.0 Å². The maximum Gasteiger partial charge on any atom is 0.348 e. The molecule has 1 rings (SSSR count). The number of nitrogens with one attached hydrogen (secondary N) is 1. The van der Waals surface area contributed by atoms with Gasteiger partial charge in [0.15, 0.2) is 0 Å². The van der Waals surface area contributed by atoms with Gasteiger partial charge in [0.25, 0.3) is 0 Å². The highest BCUT2D eigenvalue weighted by Gasteiger charge is 2.24. The zero-order valence-corrected chi connectivity index (χ0v) is 14.0. The van der Waals surface area contributed by atoms with Crippen LogP contribution >= 0.6 is 27.3 Å². The number of carbonyl (C=O) groups excluding carboxylic acids is 1. The maximum absolute atomic E-state index is 12.0. The molecule has 1 aromatic heterocycles. The molecule has 0 aromatic carbocycles. The van der Waals surface area contributed by atoms with Gasteiger partial charge in [-0.3, -0.25) is 0 Å². The Kier molecular flexibility index (Phi) is 6.55. The van der Waals surface area contributed by atoms with Gasteiger partial charge < -0.3 is 14.6 Å². The van der Waals surface area contributed by atoms with E-state index in [4.69, 9.17) is 4.74 Å². The molecule has 10 heteroatoms. The van der Waals surface area contributed by atoms with Crippen LogP contribution in [0.15, 0.2) is 14.7 Å². The number of hydrogen-bond donors (Lipinski definition) is 2. The molecule has 2 N–H and O–H groups in total. The van der Waals surface area contributed by atoms with E-state index in [0.717, 1.165) is 11.3 Å². The molecule has 114 valence electrons. The van der Waals surface area contributed by atoms with Gasteiger partial charge >= 0.3 is 5.97 Å². The van der Waals surface area contributed by atoms with E-state index >= 15 is 0 Å². The lowest BCUT2D eigenvalue weighted by Gasteiger charge is -2.10. The van der Waals surface area contributed by atoms with Crippen LogP contribution in [0, 0.1) is 0 Å². The minimum atomic E-state index is -3.84. The first kappa shape index (κ1) is 17.5. The summed E-state index contributed by atoms with van der Waals surface area (Å²) in [4.78, 5) is 11.4. The van der Waals surface area contributed by atoms with E-state index in [1.165, 1.54) is 20.3 Å². The van der Waals surface area contributed by atoms with Crippen LogP contribution < -0.4 is 4.72 Å². The second-order valence-corrected chi connectivity index (χ2v) is 7.81. The second-order valence-electron chi connectivity index (χ2n) is 3.70. The fraction of sp³-hybridized carbons (Fsp3) is 0.500. The van der Waals surface area contributed by atoms with Crippen LogP contribution in [-0.4, -0.2) is 53.0 Å². The molecule has 0 amide bonds. The summed E-state index contributed by atoms with van der Waals surface area (Å²) in [5.74, 6) is -0.614. The molecule has 7 nitrogen and oxygen atoms in total. The van der Waals surface area contributed by atoms with Crippen LogP contribution in [0.5, 0.6) is 0 Å². The number of thiophene rings is 1. The normalized spacial score (nSPS) is 13.2. The van der Waals surface area contributed by atoms with Crippen molar-refractivity contribution in [3.8, 4) is 0 Å². The molecule has 0 bridgehead atoms. The first-order chi connectivity index (χ1) is 9.31. The lowest BCUT2D eigenvalue weighted by Crippen LogP contribution is -2.34. The number of ether oxygens (including phenoxy) is 2. The molecule has 0 saturated carbocycles. The van der Waals surface area contributed by atoms with Crippen LogP contribution in [0.2, 0.25) is 0 Å². The van der Waals surface area contributed by atoms with E-state index in [1.807, 2.05) is 0 Å². The van der Waals surface area contributed by atoms with Gasteiger partial charge in [-0.05, 0) is 22.0 Å². The summed E-state index contributed by atoms with van der Waals surface area (Å²) in [6, 6.07) is 1.21. The van der Waals surface area contributed by atoms with Gasteiger partial charge in [-0.15, -0.1) is 11.3 Å². The second kappa shape index (κ2) is 7.48. The average Bonchev–Trinajstić information content (AvgIpc) is 2.79. The smallest absolute Gasteiger partial charge is 0.348 e. The van der Waals surface area contributed by atoms with Crippen LogP contribution in [0.25, 0.3) is 0 Å². The van der Waals surface area contributed by atoms with E-state index < -0.39 is 22.1 Å². The fourth-order valence-corrected chi connectivity index (χ4v) is 4.82. The predicted molar refractivity (Wildman–Crippen MR) is 76.4 cm³/mol. The summed E-state index contributed by atoms with van der Waals surface area (Å²) in [6.07, 6.45) is -0.952. The van der Waals surface area contributed by atoms with Gasteiger partial charge in [0.2, 0.25) is 10.0 Å². The summed E-state index contributed by atoms with van der Waals surface area (Å²) in [6.45, 7) is -0.174. The van der Waals surface area contributed by atoms with Crippen molar-refractivity contribution in [3.63, 3.8) is 0 Å². The van der Waals surface area contributed by atoms with Crippen molar-refractivity contribution in [2.24, 2.45) is 0 Å². The Morgan fingerprint density at radius 3 is 2.75 bits per heavy atom. The van der Waals surface area contributed by atoms with Gasteiger partial charge in [-0.25, -0.2) is 17.9 Å². The van der Waals surface area contributed by atoms with Gasteiger partial charge in [0, 0.05) is 13.7 Å². The highest BCUT2D eigenvalue weighted by atomic mass is 79.9. The minimum Gasteiger partial charge on any atom is -0.465 e. The van der Waals surface area contributed by atoms with E-state index in [-0.39, 0.29) is 26.7 Å². The van der Waals surface area contributed by atoms with Crippen LogP contribution in [-0.2, 0) is 19.5 Å². The number of rotatable bonds is 7. The number of esters is 1. The average molecular weight is 388 g/mol. The summed E-state index contributed by atoms with van der Waals surface area (Å²) >= 11 is 4.05. The molecule has 1 atom stereocenters. The van der Waals surface area contributed by atoms with Gasteiger partial charge in [0.1, 0.15) is 9.77 Å². The SMILES string of the molecule is COCC(O)CNS(=O)(=O)c1cc(C(=O)OC)sc1Br. The van der Waals surface area contributed by atoms with E-state index in [2.05, 4.69) is 25.4 Å². The first-order valence-corrected chi connectivity index (χ1v) is 8.45. The van der Waals surface area contributed by atoms with Crippen molar-refractivity contribution in [1.29, 1.82) is 0 Å². The number of hydrogen-bond acceptors (Lipinski definition) is 7. The van der Waals surface area contributed by atoms with E-state index in [1.54, 1.807) is 0 Å². The molecule has 1 heterocycles. The van der Waals surface area contributed by atoms with Crippen molar-refractivity contribution in [3.05, 3.63) is 14.7 Å². The molecule has 1 unspecified atom stereocenters. The Morgan fingerprint density at radius 1 is 1.55 bits per heavy atom. The zero-order chi connectivity index (χ0) is 15.3. The topological polar surface area (TPSA) is 102 Å². The predicted octanol–water partition coefficient (Wildman–Crippen LogP) is 0.583. The Labute approximate surface area is 129 Å². The van der Waals surface area contributed by atoms with Crippen molar-refractivity contribution in [2.75, 3.05) is 27.4 Å². The third-order valence-corrected chi connectivity index (χ3v) is 5.86. The Hall–Kier alpha value is -0.520. The maximum atomic E-state index is 12.0. The molecule has 0 radical (unpaired) electrons. The third-order valence-electron chi connectivity index (χ3n) is 2.20. The number of halogens is 1. The van der Waals surface area contributed by atoms with Crippen molar-refractivity contribution >= 4 is 43.3 Å². The lowest BCUT2D eigenvalue weighted by atomic mass is 10.4. The molecule has 0 fully saturated rings. The number of aliphatic hydroxyl groups excluding tert-OH is 1. The number of sulfonamides is 1. The third kappa shape index (κ3) is 4.50. The Morgan fingerprint density at radius 2 is 2.20 bits per heavy atom. The molecular formula is C10H14BrNO6S2. The molecule has 0 aliphatic heterocycles. The van der Waals surface area contributed by atoms with Crippen molar-refractivity contribution < 1.29 is 27.8 Å². The number of carbonyl (C=O) groups is 1. The summed E-state index contributed by atoms with van der Waals surface area (Å²) in [7, 11) is -1.22. The lowest BCUT2D eigenvalue weighted by molar-refractivity contribution is 0.0606.